The lowest BCUT2D eigenvalue weighted by Gasteiger charge is -2.14. The highest BCUT2D eigenvalue weighted by atomic mass is 16.2. The second kappa shape index (κ2) is 4.92. The Morgan fingerprint density at radius 3 is 2.95 bits per heavy atom. The zero-order chi connectivity index (χ0) is 14.1. The second-order valence-electron chi connectivity index (χ2n) is 5.06. The SMILES string of the molecule is Cc1ccc2c(c1)CC[C@H]2NC(=O)c1nccnc1N. The maximum absolute atomic E-state index is 12.2. The van der Waals surface area contributed by atoms with Crippen molar-refractivity contribution >= 4 is 11.7 Å². The summed E-state index contributed by atoms with van der Waals surface area (Å²) in [6.45, 7) is 2.08. The molecule has 2 aromatic rings. The fraction of sp³-hybridized carbons (Fsp3) is 0.267. The van der Waals surface area contributed by atoms with Gasteiger partial charge < -0.3 is 11.1 Å². The molecule has 0 radical (unpaired) electrons. The molecule has 102 valence electrons. The van der Waals surface area contributed by atoms with E-state index < -0.39 is 0 Å². The fourth-order valence-electron chi connectivity index (χ4n) is 2.65. The van der Waals surface area contributed by atoms with E-state index >= 15 is 0 Å². The van der Waals surface area contributed by atoms with Crippen molar-refractivity contribution in [1.29, 1.82) is 0 Å². The smallest absolute Gasteiger partial charge is 0.274 e. The van der Waals surface area contributed by atoms with Gasteiger partial charge in [0.15, 0.2) is 11.5 Å². The minimum atomic E-state index is -0.269. The predicted octanol–water partition coefficient (Wildman–Crippen LogP) is 1.78. The summed E-state index contributed by atoms with van der Waals surface area (Å²) in [6, 6.07) is 6.36. The first-order valence-electron chi connectivity index (χ1n) is 6.62. The summed E-state index contributed by atoms with van der Waals surface area (Å²) >= 11 is 0. The van der Waals surface area contributed by atoms with Crippen LogP contribution in [0.1, 0.15) is 39.6 Å². The Bertz CT molecular complexity index is 669. The highest BCUT2D eigenvalue weighted by Gasteiger charge is 2.25. The Morgan fingerprint density at radius 2 is 2.15 bits per heavy atom. The summed E-state index contributed by atoms with van der Waals surface area (Å²) in [6.07, 6.45) is 4.83. The third-order valence-corrected chi connectivity index (χ3v) is 3.62. The van der Waals surface area contributed by atoms with Gasteiger partial charge in [-0.05, 0) is 30.9 Å². The van der Waals surface area contributed by atoms with Gasteiger partial charge in [0, 0.05) is 12.4 Å². The summed E-state index contributed by atoms with van der Waals surface area (Å²) in [7, 11) is 0. The summed E-state index contributed by atoms with van der Waals surface area (Å²) in [5.74, 6) is -0.110. The predicted molar refractivity (Wildman–Crippen MR) is 76.2 cm³/mol. The fourth-order valence-corrected chi connectivity index (χ4v) is 2.65. The normalized spacial score (nSPS) is 16.8. The molecule has 0 spiro atoms. The molecule has 0 unspecified atom stereocenters. The summed E-state index contributed by atoms with van der Waals surface area (Å²) in [5.41, 5.74) is 9.60. The first-order valence-corrected chi connectivity index (χ1v) is 6.62. The Hall–Kier alpha value is -2.43. The third-order valence-electron chi connectivity index (χ3n) is 3.62. The number of carbonyl (C=O) groups is 1. The van der Waals surface area contributed by atoms with Crippen molar-refractivity contribution in [2.75, 3.05) is 5.73 Å². The number of hydrogen-bond donors (Lipinski definition) is 2. The molecule has 5 heteroatoms. The van der Waals surface area contributed by atoms with Crippen LogP contribution >= 0.6 is 0 Å². The maximum Gasteiger partial charge on any atom is 0.274 e. The number of benzene rings is 1. The zero-order valence-corrected chi connectivity index (χ0v) is 11.3. The van der Waals surface area contributed by atoms with E-state index in [0.717, 1.165) is 12.8 Å². The van der Waals surface area contributed by atoms with Crippen molar-refractivity contribution in [2.24, 2.45) is 0 Å². The van der Waals surface area contributed by atoms with E-state index in [4.69, 9.17) is 5.73 Å². The van der Waals surface area contributed by atoms with Crippen LogP contribution in [0.2, 0.25) is 0 Å². The van der Waals surface area contributed by atoms with Crippen molar-refractivity contribution in [3.63, 3.8) is 0 Å². The molecule has 1 amide bonds. The molecule has 0 aliphatic heterocycles. The molecule has 0 saturated heterocycles. The number of amides is 1. The number of aromatic nitrogens is 2. The third kappa shape index (κ3) is 2.22. The van der Waals surface area contributed by atoms with Gasteiger partial charge in [-0.25, -0.2) is 9.97 Å². The van der Waals surface area contributed by atoms with E-state index in [1.165, 1.54) is 29.1 Å². The Morgan fingerprint density at radius 1 is 1.35 bits per heavy atom. The summed E-state index contributed by atoms with van der Waals surface area (Å²) < 4.78 is 0. The lowest BCUT2D eigenvalue weighted by Crippen LogP contribution is -2.28. The zero-order valence-electron chi connectivity index (χ0n) is 11.3. The molecule has 0 saturated carbocycles. The van der Waals surface area contributed by atoms with E-state index in [2.05, 4.69) is 40.4 Å². The van der Waals surface area contributed by atoms with E-state index in [1.54, 1.807) is 0 Å². The van der Waals surface area contributed by atoms with Gasteiger partial charge in [-0.2, -0.15) is 0 Å². The number of aryl methyl sites for hydroxylation is 2. The van der Waals surface area contributed by atoms with Crippen LogP contribution < -0.4 is 11.1 Å². The molecule has 1 aromatic heterocycles. The number of anilines is 1. The van der Waals surface area contributed by atoms with E-state index in [0.29, 0.717) is 0 Å². The average molecular weight is 268 g/mol. The number of carbonyl (C=O) groups excluding carboxylic acids is 1. The van der Waals surface area contributed by atoms with Crippen molar-refractivity contribution in [3.05, 3.63) is 53.0 Å². The molecule has 0 bridgehead atoms. The molecular formula is C15H16N4O. The number of nitrogens with one attached hydrogen (secondary N) is 1. The topological polar surface area (TPSA) is 80.9 Å². The summed E-state index contributed by atoms with van der Waals surface area (Å²) in [5, 5.41) is 2.99. The van der Waals surface area contributed by atoms with Crippen LogP contribution in [0.4, 0.5) is 5.82 Å². The van der Waals surface area contributed by atoms with Crippen LogP contribution in [0.15, 0.2) is 30.6 Å². The van der Waals surface area contributed by atoms with Crippen molar-refractivity contribution < 1.29 is 4.79 Å². The van der Waals surface area contributed by atoms with Crippen LogP contribution in [0.3, 0.4) is 0 Å². The molecular weight excluding hydrogens is 252 g/mol. The molecule has 1 atom stereocenters. The van der Waals surface area contributed by atoms with Gasteiger partial charge in [-0.15, -0.1) is 0 Å². The second-order valence-corrected chi connectivity index (χ2v) is 5.06. The number of nitrogens with zero attached hydrogens (tertiary/aromatic N) is 2. The van der Waals surface area contributed by atoms with Crippen LogP contribution in [-0.2, 0) is 6.42 Å². The molecule has 0 fully saturated rings. The van der Waals surface area contributed by atoms with Gasteiger partial charge >= 0.3 is 0 Å². The molecule has 1 heterocycles. The number of nitrogens with two attached hydrogens (primary N) is 1. The molecule has 1 aromatic carbocycles. The van der Waals surface area contributed by atoms with Crippen LogP contribution in [0.25, 0.3) is 0 Å². The van der Waals surface area contributed by atoms with Gasteiger partial charge in [0.1, 0.15) is 0 Å². The first-order chi connectivity index (χ1) is 9.65. The largest absolute Gasteiger partial charge is 0.382 e. The Kier molecular flexibility index (Phi) is 3.10. The average Bonchev–Trinajstić information content (AvgIpc) is 2.81. The van der Waals surface area contributed by atoms with Crippen LogP contribution in [0.5, 0.6) is 0 Å². The highest BCUT2D eigenvalue weighted by Crippen LogP contribution is 2.31. The number of hydrogen-bond acceptors (Lipinski definition) is 4. The van der Waals surface area contributed by atoms with Gasteiger partial charge in [0.2, 0.25) is 0 Å². The molecule has 1 aliphatic carbocycles. The maximum atomic E-state index is 12.2. The van der Waals surface area contributed by atoms with Crippen LogP contribution in [-0.4, -0.2) is 15.9 Å². The Balaban J connectivity index is 1.81. The van der Waals surface area contributed by atoms with E-state index in [9.17, 15) is 4.79 Å². The van der Waals surface area contributed by atoms with E-state index in [-0.39, 0.29) is 23.5 Å². The lowest BCUT2D eigenvalue weighted by molar-refractivity contribution is 0.0932. The van der Waals surface area contributed by atoms with Crippen molar-refractivity contribution in [1.82, 2.24) is 15.3 Å². The minimum absolute atomic E-state index is 0.0273. The minimum Gasteiger partial charge on any atom is -0.382 e. The number of fused-ring (bicyclic) bond motifs is 1. The Labute approximate surface area is 117 Å². The summed E-state index contributed by atoms with van der Waals surface area (Å²) in [4.78, 5) is 20.1. The molecule has 3 rings (SSSR count). The van der Waals surface area contributed by atoms with Crippen molar-refractivity contribution in [3.8, 4) is 0 Å². The number of rotatable bonds is 2. The first kappa shape index (κ1) is 12.6. The number of nitrogen functional groups attached to an aromatic ring is 1. The standard InChI is InChI=1S/C15H16N4O/c1-9-2-4-11-10(8-9)3-5-12(11)19-15(20)13-14(16)18-7-6-17-13/h2,4,6-8,12H,3,5H2,1H3,(H2,16,18)(H,19,20)/t12-/m1/s1. The molecule has 1 aliphatic rings. The van der Waals surface area contributed by atoms with E-state index in [1.807, 2.05) is 0 Å². The molecule has 5 nitrogen and oxygen atoms in total. The molecule has 3 N–H and O–H groups in total. The monoisotopic (exact) mass is 268 g/mol. The lowest BCUT2D eigenvalue weighted by atomic mass is 10.1. The van der Waals surface area contributed by atoms with Crippen molar-refractivity contribution in [2.45, 2.75) is 25.8 Å². The molecule has 20 heavy (non-hydrogen) atoms. The van der Waals surface area contributed by atoms with Gasteiger partial charge in [-0.3, -0.25) is 4.79 Å². The van der Waals surface area contributed by atoms with Gasteiger partial charge in [-0.1, -0.05) is 23.8 Å². The quantitative estimate of drug-likeness (QED) is 0.870. The highest BCUT2D eigenvalue weighted by molar-refractivity contribution is 5.96. The van der Waals surface area contributed by atoms with Crippen LogP contribution in [0, 0.1) is 6.92 Å². The van der Waals surface area contributed by atoms with Gasteiger partial charge in [0.05, 0.1) is 6.04 Å². The van der Waals surface area contributed by atoms with Gasteiger partial charge in [0.25, 0.3) is 5.91 Å².